The van der Waals surface area contributed by atoms with Crippen LogP contribution in [0, 0.1) is 28.9 Å². The van der Waals surface area contributed by atoms with Crippen molar-refractivity contribution in [2.45, 2.75) is 19.4 Å². The largest absolute Gasteiger partial charge is 0.480 e. The van der Waals surface area contributed by atoms with E-state index < -0.39 is 35.5 Å². The standard InChI is InChI=1S/C13H12F2N2O3/c1-7(6-16)4-11(13(19)20)17-12(18)8-2-3-9(14)10(15)5-8/h2-3,5,7,11H,4H2,1H3,(H,17,18)(H,19,20)/t7-,11-/m1/s1. The number of carbonyl (C=O) groups is 2. The summed E-state index contributed by atoms with van der Waals surface area (Å²) in [4.78, 5) is 22.7. The molecule has 1 rings (SSSR count). The van der Waals surface area contributed by atoms with Crippen molar-refractivity contribution in [1.82, 2.24) is 5.32 Å². The van der Waals surface area contributed by atoms with Gasteiger partial charge in [0.2, 0.25) is 0 Å². The monoisotopic (exact) mass is 282 g/mol. The number of carbonyl (C=O) groups excluding carboxylic acids is 1. The molecular weight excluding hydrogens is 270 g/mol. The van der Waals surface area contributed by atoms with E-state index in [1.54, 1.807) is 0 Å². The topological polar surface area (TPSA) is 90.2 Å². The number of aliphatic carboxylic acids is 1. The second-order valence-corrected chi connectivity index (χ2v) is 4.26. The molecule has 0 saturated carbocycles. The van der Waals surface area contributed by atoms with Crippen LogP contribution < -0.4 is 5.32 Å². The molecule has 7 heteroatoms. The molecule has 5 nitrogen and oxygen atoms in total. The fourth-order valence-electron chi connectivity index (χ4n) is 1.51. The Hall–Kier alpha value is -2.49. The molecule has 20 heavy (non-hydrogen) atoms. The molecule has 0 unspecified atom stereocenters. The number of amides is 1. The normalized spacial score (nSPS) is 13.1. The number of hydrogen-bond donors (Lipinski definition) is 2. The Labute approximate surface area is 113 Å². The predicted octanol–water partition coefficient (Wildman–Crippen LogP) is 1.70. The Morgan fingerprint density at radius 2 is 2.05 bits per heavy atom. The number of halogens is 2. The lowest BCUT2D eigenvalue weighted by molar-refractivity contribution is -0.139. The number of carboxylic acid groups (broad SMARTS) is 1. The van der Waals surface area contributed by atoms with Crippen LogP contribution >= 0.6 is 0 Å². The molecule has 0 aliphatic heterocycles. The first-order chi connectivity index (χ1) is 9.35. The summed E-state index contributed by atoms with van der Waals surface area (Å²) in [7, 11) is 0. The van der Waals surface area contributed by atoms with Crippen molar-refractivity contribution in [1.29, 1.82) is 5.26 Å². The first kappa shape index (κ1) is 15.6. The van der Waals surface area contributed by atoms with Gasteiger partial charge < -0.3 is 10.4 Å². The number of hydrogen-bond acceptors (Lipinski definition) is 3. The zero-order valence-corrected chi connectivity index (χ0v) is 10.6. The van der Waals surface area contributed by atoms with Crippen molar-refractivity contribution in [3.8, 4) is 6.07 Å². The molecule has 0 fully saturated rings. The lowest BCUT2D eigenvalue weighted by Gasteiger charge is -2.15. The van der Waals surface area contributed by atoms with Crippen molar-refractivity contribution in [3.05, 3.63) is 35.4 Å². The van der Waals surface area contributed by atoms with Crippen LogP contribution in [-0.2, 0) is 4.79 Å². The zero-order chi connectivity index (χ0) is 15.3. The van der Waals surface area contributed by atoms with E-state index in [-0.39, 0.29) is 12.0 Å². The van der Waals surface area contributed by atoms with Crippen molar-refractivity contribution in [2.24, 2.45) is 5.92 Å². The molecule has 0 heterocycles. The summed E-state index contributed by atoms with van der Waals surface area (Å²) in [6, 6.07) is 3.08. The molecule has 0 aliphatic rings. The molecule has 0 saturated heterocycles. The molecule has 0 aromatic heterocycles. The van der Waals surface area contributed by atoms with Gasteiger partial charge in [0.1, 0.15) is 6.04 Å². The lowest BCUT2D eigenvalue weighted by atomic mass is 10.0. The molecule has 2 atom stereocenters. The molecule has 0 bridgehead atoms. The van der Waals surface area contributed by atoms with Crippen LogP contribution in [0.5, 0.6) is 0 Å². The maximum absolute atomic E-state index is 13.0. The number of nitriles is 1. The molecule has 1 aromatic rings. The Balaban J connectivity index is 2.83. The maximum Gasteiger partial charge on any atom is 0.326 e. The van der Waals surface area contributed by atoms with E-state index in [2.05, 4.69) is 5.32 Å². The van der Waals surface area contributed by atoms with Gasteiger partial charge in [-0.3, -0.25) is 4.79 Å². The van der Waals surface area contributed by atoms with Crippen LogP contribution in [0.4, 0.5) is 8.78 Å². The minimum Gasteiger partial charge on any atom is -0.480 e. The van der Waals surface area contributed by atoms with Crippen molar-refractivity contribution in [2.75, 3.05) is 0 Å². The molecular formula is C13H12F2N2O3. The van der Waals surface area contributed by atoms with Gasteiger partial charge in [-0.05, 0) is 31.5 Å². The van der Waals surface area contributed by atoms with Crippen molar-refractivity contribution >= 4 is 11.9 Å². The highest BCUT2D eigenvalue weighted by molar-refractivity contribution is 5.96. The summed E-state index contributed by atoms with van der Waals surface area (Å²) in [5.74, 6) is -5.02. The van der Waals surface area contributed by atoms with Gasteiger partial charge in [0, 0.05) is 11.5 Å². The van der Waals surface area contributed by atoms with Crippen molar-refractivity contribution < 1.29 is 23.5 Å². The van der Waals surface area contributed by atoms with Gasteiger partial charge in [0.05, 0.1) is 6.07 Å². The third-order valence-electron chi connectivity index (χ3n) is 2.59. The lowest BCUT2D eigenvalue weighted by Crippen LogP contribution is -2.41. The third kappa shape index (κ3) is 4.02. The number of nitrogens with zero attached hydrogens (tertiary/aromatic N) is 1. The van der Waals surface area contributed by atoms with Gasteiger partial charge >= 0.3 is 5.97 Å². The number of rotatable bonds is 5. The summed E-state index contributed by atoms with van der Waals surface area (Å²) in [6.07, 6.45) is -0.0821. The minimum atomic E-state index is -1.30. The predicted molar refractivity (Wildman–Crippen MR) is 64.6 cm³/mol. The van der Waals surface area contributed by atoms with E-state index in [0.717, 1.165) is 12.1 Å². The van der Waals surface area contributed by atoms with Gasteiger partial charge in [0.25, 0.3) is 5.91 Å². The van der Waals surface area contributed by atoms with Crippen LogP contribution in [0.15, 0.2) is 18.2 Å². The summed E-state index contributed by atoms with van der Waals surface area (Å²) < 4.78 is 25.7. The summed E-state index contributed by atoms with van der Waals surface area (Å²) in [5.41, 5.74) is -0.195. The smallest absolute Gasteiger partial charge is 0.326 e. The molecule has 2 N–H and O–H groups in total. The van der Waals surface area contributed by atoms with Crippen LogP contribution in [0.2, 0.25) is 0 Å². The van der Waals surface area contributed by atoms with Gasteiger partial charge in [-0.1, -0.05) is 0 Å². The molecule has 1 aromatic carbocycles. The molecule has 1 amide bonds. The second kappa shape index (κ2) is 6.61. The second-order valence-electron chi connectivity index (χ2n) is 4.26. The molecule has 106 valence electrons. The highest BCUT2D eigenvalue weighted by Gasteiger charge is 2.23. The number of benzene rings is 1. The zero-order valence-electron chi connectivity index (χ0n) is 10.6. The van der Waals surface area contributed by atoms with Crippen molar-refractivity contribution in [3.63, 3.8) is 0 Å². The molecule has 0 radical (unpaired) electrons. The number of nitrogens with one attached hydrogen (secondary N) is 1. The van der Waals surface area contributed by atoms with E-state index >= 15 is 0 Å². The minimum absolute atomic E-state index is 0.0821. The third-order valence-corrected chi connectivity index (χ3v) is 2.59. The van der Waals surface area contributed by atoms with Crippen LogP contribution in [0.25, 0.3) is 0 Å². The average Bonchev–Trinajstić information content (AvgIpc) is 2.40. The first-order valence-electron chi connectivity index (χ1n) is 5.73. The van der Waals surface area contributed by atoms with Crippen LogP contribution in [-0.4, -0.2) is 23.0 Å². The Morgan fingerprint density at radius 3 is 2.55 bits per heavy atom. The fourth-order valence-corrected chi connectivity index (χ4v) is 1.51. The Morgan fingerprint density at radius 1 is 1.40 bits per heavy atom. The molecule has 0 spiro atoms. The maximum atomic E-state index is 13.0. The van der Waals surface area contributed by atoms with Gasteiger partial charge in [0.15, 0.2) is 11.6 Å². The number of carboxylic acids is 1. The summed E-state index contributed by atoms with van der Waals surface area (Å²) in [5, 5.41) is 19.8. The first-order valence-corrected chi connectivity index (χ1v) is 5.73. The Bertz CT molecular complexity index is 569. The average molecular weight is 282 g/mol. The van der Waals surface area contributed by atoms with Gasteiger partial charge in [-0.25, -0.2) is 13.6 Å². The van der Waals surface area contributed by atoms with E-state index in [9.17, 15) is 18.4 Å². The van der Waals surface area contributed by atoms with E-state index in [1.165, 1.54) is 6.92 Å². The van der Waals surface area contributed by atoms with E-state index in [0.29, 0.717) is 6.07 Å². The SMILES string of the molecule is C[C@@H](C#N)C[C@@H](NC(=O)c1ccc(F)c(F)c1)C(=O)O. The quantitative estimate of drug-likeness (QED) is 0.860. The summed E-state index contributed by atoms with van der Waals surface area (Å²) in [6.45, 7) is 1.51. The Kier molecular flexibility index (Phi) is 5.15. The highest BCUT2D eigenvalue weighted by atomic mass is 19.2. The van der Waals surface area contributed by atoms with Gasteiger partial charge in [-0.2, -0.15) is 5.26 Å². The molecule has 0 aliphatic carbocycles. The highest BCUT2D eigenvalue weighted by Crippen LogP contribution is 2.10. The van der Waals surface area contributed by atoms with Crippen LogP contribution in [0.1, 0.15) is 23.7 Å². The van der Waals surface area contributed by atoms with Crippen LogP contribution in [0.3, 0.4) is 0 Å². The van der Waals surface area contributed by atoms with Gasteiger partial charge in [-0.15, -0.1) is 0 Å². The van der Waals surface area contributed by atoms with E-state index in [1.807, 2.05) is 6.07 Å². The summed E-state index contributed by atoms with van der Waals surface area (Å²) >= 11 is 0. The fraction of sp³-hybridized carbons (Fsp3) is 0.308. The van der Waals surface area contributed by atoms with E-state index in [4.69, 9.17) is 10.4 Å².